The third-order valence-corrected chi connectivity index (χ3v) is 3.47. The fourth-order valence-electron chi connectivity index (χ4n) is 2.54. The number of benzene rings is 1. The Kier molecular flexibility index (Phi) is 4.72. The summed E-state index contributed by atoms with van der Waals surface area (Å²) in [5, 5.41) is 9.19. The fourth-order valence-corrected chi connectivity index (χ4v) is 2.54. The number of carboxylic acids is 1. The van der Waals surface area contributed by atoms with Crippen molar-refractivity contribution in [2.45, 2.75) is 38.2 Å². The molecule has 1 unspecified atom stereocenters. The van der Waals surface area contributed by atoms with Gasteiger partial charge >= 0.3 is 12.3 Å². The second-order valence-corrected chi connectivity index (χ2v) is 4.98. The van der Waals surface area contributed by atoms with E-state index in [1.807, 2.05) is 0 Å². The van der Waals surface area contributed by atoms with Gasteiger partial charge in [0.15, 0.2) is 0 Å². The zero-order valence-corrected chi connectivity index (χ0v) is 11.3. The van der Waals surface area contributed by atoms with E-state index in [9.17, 15) is 23.1 Å². The van der Waals surface area contributed by atoms with Gasteiger partial charge in [-0.1, -0.05) is 24.6 Å². The molecule has 2 rings (SSSR count). The van der Waals surface area contributed by atoms with Crippen molar-refractivity contribution in [3.8, 4) is 5.75 Å². The van der Waals surface area contributed by atoms with Gasteiger partial charge < -0.3 is 9.84 Å². The number of carbonyl (C=O) groups is 1. The highest BCUT2D eigenvalue weighted by molar-refractivity contribution is 5.73. The molecule has 0 spiro atoms. The van der Waals surface area contributed by atoms with E-state index in [0.29, 0.717) is 18.5 Å². The summed E-state index contributed by atoms with van der Waals surface area (Å²) in [6.07, 6.45) is -2.60. The van der Waals surface area contributed by atoms with Crippen LogP contribution in [-0.4, -0.2) is 34.9 Å². The molecule has 0 radical (unpaired) electrons. The predicted molar refractivity (Wildman–Crippen MR) is 68.8 cm³/mol. The molecule has 1 heterocycles. The van der Waals surface area contributed by atoms with E-state index in [1.54, 1.807) is 11.0 Å². The highest BCUT2D eigenvalue weighted by Gasteiger charge is 2.33. The van der Waals surface area contributed by atoms with Gasteiger partial charge in [-0.2, -0.15) is 0 Å². The lowest BCUT2D eigenvalue weighted by molar-refractivity contribution is -0.275. The molecule has 0 bridgehead atoms. The summed E-state index contributed by atoms with van der Waals surface area (Å²) in [4.78, 5) is 12.9. The van der Waals surface area contributed by atoms with Crippen LogP contribution in [-0.2, 0) is 11.3 Å². The van der Waals surface area contributed by atoms with E-state index in [-0.39, 0.29) is 12.3 Å². The fraction of sp³-hybridized carbons (Fsp3) is 0.500. The molecule has 0 saturated carbocycles. The summed E-state index contributed by atoms with van der Waals surface area (Å²) in [6.45, 7) is 0.681. The zero-order chi connectivity index (χ0) is 15.5. The van der Waals surface area contributed by atoms with Crippen molar-refractivity contribution in [1.82, 2.24) is 4.90 Å². The molecule has 4 nitrogen and oxygen atoms in total. The topological polar surface area (TPSA) is 49.8 Å². The Hall–Kier alpha value is -1.76. The Bertz CT molecular complexity index is 504. The van der Waals surface area contributed by atoms with Crippen molar-refractivity contribution < 1.29 is 27.8 Å². The molecule has 7 heteroatoms. The highest BCUT2D eigenvalue weighted by Crippen LogP contribution is 2.29. The number of aliphatic carboxylic acids is 1. The summed E-state index contributed by atoms with van der Waals surface area (Å²) in [5.41, 5.74) is 0.336. The van der Waals surface area contributed by atoms with Gasteiger partial charge in [0.2, 0.25) is 0 Å². The molecule has 21 heavy (non-hydrogen) atoms. The lowest BCUT2D eigenvalue weighted by Crippen LogP contribution is -2.44. The molecule has 1 fully saturated rings. The van der Waals surface area contributed by atoms with E-state index in [1.165, 1.54) is 18.2 Å². The summed E-state index contributed by atoms with van der Waals surface area (Å²) >= 11 is 0. The number of hydrogen-bond donors (Lipinski definition) is 1. The number of nitrogens with zero attached hydrogens (tertiary/aromatic N) is 1. The van der Waals surface area contributed by atoms with Crippen LogP contribution in [0.15, 0.2) is 24.3 Å². The maximum Gasteiger partial charge on any atom is 0.573 e. The number of halogens is 3. The van der Waals surface area contributed by atoms with Crippen molar-refractivity contribution >= 4 is 5.97 Å². The summed E-state index contributed by atoms with van der Waals surface area (Å²) in [6, 6.07) is 5.17. The first-order valence-corrected chi connectivity index (χ1v) is 6.67. The van der Waals surface area contributed by atoms with Crippen LogP contribution in [0.5, 0.6) is 5.75 Å². The number of piperidine rings is 1. The number of likely N-dealkylation sites (tertiary alicyclic amines) is 1. The van der Waals surface area contributed by atoms with Crippen LogP contribution in [0.25, 0.3) is 0 Å². The van der Waals surface area contributed by atoms with Gasteiger partial charge in [0, 0.05) is 12.1 Å². The molecule has 0 aromatic heterocycles. The average molecular weight is 303 g/mol. The van der Waals surface area contributed by atoms with Gasteiger partial charge in [0.25, 0.3) is 0 Å². The van der Waals surface area contributed by atoms with Gasteiger partial charge in [-0.15, -0.1) is 13.2 Å². The number of carboxylic acid groups (broad SMARTS) is 1. The SMILES string of the molecule is O=C(O)C1CCCCN1Cc1ccccc1OC(F)(F)F. The van der Waals surface area contributed by atoms with Crippen LogP contribution in [0.1, 0.15) is 24.8 Å². The van der Waals surface area contributed by atoms with E-state index in [0.717, 1.165) is 12.8 Å². The van der Waals surface area contributed by atoms with Crippen LogP contribution in [0.2, 0.25) is 0 Å². The Labute approximate surface area is 120 Å². The van der Waals surface area contributed by atoms with Gasteiger partial charge in [-0.05, 0) is 25.5 Å². The average Bonchev–Trinajstić information content (AvgIpc) is 2.40. The summed E-state index contributed by atoms with van der Waals surface area (Å²) in [5.74, 6) is -1.22. The summed E-state index contributed by atoms with van der Waals surface area (Å²) in [7, 11) is 0. The minimum atomic E-state index is -4.76. The third-order valence-electron chi connectivity index (χ3n) is 3.47. The third kappa shape index (κ3) is 4.35. The predicted octanol–water partition coefficient (Wildman–Crippen LogP) is 3.02. The lowest BCUT2D eigenvalue weighted by Gasteiger charge is -2.33. The first-order valence-electron chi connectivity index (χ1n) is 6.67. The van der Waals surface area contributed by atoms with Crippen LogP contribution in [0.4, 0.5) is 13.2 Å². The quantitative estimate of drug-likeness (QED) is 0.929. The molecule has 1 aliphatic rings. The van der Waals surface area contributed by atoms with Gasteiger partial charge in [-0.3, -0.25) is 9.69 Å². The lowest BCUT2D eigenvalue weighted by atomic mass is 10.0. The Morgan fingerprint density at radius 2 is 2.05 bits per heavy atom. The molecule has 1 aromatic rings. The number of para-hydroxylation sites is 1. The van der Waals surface area contributed by atoms with E-state index in [4.69, 9.17) is 0 Å². The van der Waals surface area contributed by atoms with Crippen LogP contribution in [0.3, 0.4) is 0 Å². The molecular formula is C14H16F3NO3. The van der Waals surface area contributed by atoms with E-state index in [2.05, 4.69) is 4.74 Å². The zero-order valence-electron chi connectivity index (χ0n) is 11.3. The van der Waals surface area contributed by atoms with Gasteiger partial charge in [-0.25, -0.2) is 0 Å². The maximum atomic E-state index is 12.4. The normalized spacial score (nSPS) is 20.2. The standard InChI is InChI=1S/C14H16F3NO3/c15-14(16,17)21-12-7-2-1-5-10(12)9-18-8-4-3-6-11(18)13(19)20/h1-2,5,7,11H,3-4,6,8-9H2,(H,19,20). The smallest absolute Gasteiger partial charge is 0.480 e. The molecule has 0 aliphatic carbocycles. The minimum absolute atomic E-state index is 0.128. The second-order valence-electron chi connectivity index (χ2n) is 4.98. The maximum absolute atomic E-state index is 12.4. The van der Waals surface area contributed by atoms with E-state index < -0.39 is 18.4 Å². The van der Waals surface area contributed by atoms with Crippen molar-refractivity contribution in [2.24, 2.45) is 0 Å². The summed E-state index contributed by atoms with van der Waals surface area (Å²) < 4.78 is 41.1. The number of rotatable bonds is 4. The van der Waals surface area contributed by atoms with Crippen LogP contribution >= 0.6 is 0 Å². The van der Waals surface area contributed by atoms with Crippen molar-refractivity contribution in [3.05, 3.63) is 29.8 Å². The molecular weight excluding hydrogens is 287 g/mol. The molecule has 0 amide bonds. The first kappa shape index (κ1) is 15.6. The molecule has 1 aliphatic heterocycles. The molecule has 1 N–H and O–H groups in total. The first-order chi connectivity index (χ1) is 9.87. The largest absolute Gasteiger partial charge is 0.573 e. The number of ether oxygens (including phenoxy) is 1. The van der Waals surface area contributed by atoms with Crippen molar-refractivity contribution in [3.63, 3.8) is 0 Å². The molecule has 1 atom stereocenters. The van der Waals surface area contributed by atoms with Gasteiger partial charge in [0.05, 0.1) is 0 Å². The highest BCUT2D eigenvalue weighted by atomic mass is 19.4. The van der Waals surface area contributed by atoms with E-state index >= 15 is 0 Å². The number of alkyl halides is 3. The van der Waals surface area contributed by atoms with Crippen molar-refractivity contribution in [2.75, 3.05) is 6.54 Å². The Morgan fingerprint density at radius 1 is 1.33 bits per heavy atom. The minimum Gasteiger partial charge on any atom is -0.480 e. The molecule has 1 aromatic carbocycles. The Morgan fingerprint density at radius 3 is 2.71 bits per heavy atom. The molecule has 1 saturated heterocycles. The number of hydrogen-bond acceptors (Lipinski definition) is 3. The second kappa shape index (κ2) is 6.34. The van der Waals surface area contributed by atoms with Gasteiger partial charge in [0.1, 0.15) is 11.8 Å². The Balaban J connectivity index is 2.16. The monoisotopic (exact) mass is 303 g/mol. The van der Waals surface area contributed by atoms with Crippen molar-refractivity contribution in [1.29, 1.82) is 0 Å². The van der Waals surface area contributed by atoms with Crippen LogP contribution in [0, 0.1) is 0 Å². The van der Waals surface area contributed by atoms with Crippen LogP contribution < -0.4 is 4.74 Å². The molecule has 116 valence electrons.